The summed E-state index contributed by atoms with van der Waals surface area (Å²) < 4.78 is 28.0. The van der Waals surface area contributed by atoms with Crippen LogP contribution in [-0.4, -0.2) is 27.0 Å². The fraction of sp³-hybridized carbons (Fsp3) is 0.462. The Balaban J connectivity index is 2.26. The molecule has 3 N–H and O–H groups in total. The van der Waals surface area contributed by atoms with Crippen LogP contribution in [0.4, 0.5) is 5.69 Å². The van der Waals surface area contributed by atoms with Crippen LogP contribution in [-0.2, 0) is 19.6 Å². The zero-order chi connectivity index (χ0) is 14.9. The topological polar surface area (TPSA) is 98.5 Å². The average Bonchev–Trinajstić information content (AvgIpc) is 2.85. The number of nitrogens with two attached hydrogens (primary N) is 1. The summed E-state index contributed by atoms with van der Waals surface area (Å²) in [7, 11) is -3.75. The number of aryl methyl sites for hydroxylation is 2. The second-order valence-corrected chi connectivity index (χ2v) is 6.53. The number of carbonyl (C=O) groups excluding carboxylic acids is 1. The molecule has 0 bridgehead atoms. The van der Waals surface area contributed by atoms with E-state index >= 15 is 0 Å². The Labute approximate surface area is 118 Å². The van der Waals surface area contributed by atoms with Crippen molar-refractivity contribution in [2.45, 2.75) is 37.7 Å². The summed E-state index contributed by atoms with van der Waals surface area (Å²) in [4.78, 5) is 12.1. The van der Waals surface area contributed by atoms with Crippen molar-refractivity contribution in [1.82, 2.24) is 0 Å². The molecule has 1 unspecified atom stereocenters. The SMILES string of the molecule is Cc1cc(S(N)(=O)=O)cc(C)c1NC(=O)C1CCCO1. The highest BCUT2D eigenvalue weighted by Crippen LogP contribution is 2.25. The van der Waals surface area contributed by atoms with Crippen molar-refractivity contribution in [3.63, 3.8) is 0 Å². The monoisotopic (exact) mass is 298 g/mol. The minimum Gasteiger partial charge on any atom is -0.368 e. The van der Waals surface area contributed by atoms with Gasteiger partial charge in [-0.2, -0.15) is 0 Å². The van der Waals surface area contributed by atoms with E-state index in [1.165, 1.54) is 12.1 Å². The number of carbonyl (C=O) groups is 1. The summed E-state index contributed by atoms with van der Waals surface area (Å²) in [5, 5.41) is 7.91. The molecule has 6 nitrogen and oxygen atoms in total. The van der Waals surface area contributed by atoms with Crippen LogP contribution >= 0.6 is 0 Å². The lowest BCUT2D eigenvalue weighted by Gasteiger charge is -2.15. The van der Waals surface area contributed by atoms with Crippen LogP contribution in [0.15, 0.2) is 17.0 Å². The molecule has 110 valence electrons. The van der Waals surface area contributed by atoms with Gasteiger partial charge in [-0.3, -0.25) is 4.79 Å². The molecule has 0 radical (unpaired) electrons. The first-order valence-corrected chi connectivity index (χ1v) is 7.90. The molecule has 1 aliphatic rings. The normalized spacial score (nSPS) is 19.1. The molecule has 1 aromatic rings. The van der Waals surface area contributed by atoms with E-state index in [2.05, 4.69) is 5.32 Å². The lowest BCUT2D eigenvalue weighted by atomic mass is 10.1. The second-order valence-electron chi connectivity index (χ2n) is 4.97. The molecule has 0 saturated carbocycles. The van der Waals surface area contributed by atoms with Gasteiger partial charge in [0.15, 0.2) is 0 Å². The summed E-state index contributed by atoms with van der Waals surface area (Å²) in [6.07, 6.45) is 1.16. The minimum atomic E-state index is -3.75. The first-order chi connectivity index (χ1) is 9.29. The quantitative estimate of drug-likeness (QED) is 0.872. The zero-order valence-electron chi connectivity index (χ0n) is 11.5. The molecule has 1 saturated heterocycles. The van der Waals surface area contributed by atoms with Gasteiger partial charge in [0.1, 0.15) is 6.10 Å². The van der Waals surface area contributed by atoms with Gasteiger partial charge in [-0.25, -0.2) is 13.6 Å². The summed E-state index contributed by atoms with van der Waals surface area (Å²) in [6.45, 7) is 4.06. The fourth-order valence-electron chi connectivity index (χ4n) is 2.27. The second kappa shape index (κ2) is 5.51. The van der Waals surface area contributed by atoms with Gasteiger partial charge in [-0.05, 0) is 49.9 Å². The maximum atomic E-state index is 12.0. The van der Waals surface area contributed by atoms with Crippen LogP contribution in [0, 0.1) is 13.8 Å². The predicted molar refractivity (Wildman–Crippen MR) is 74.9 cm³/mol. The lowest BCUT2D eigenvalue weighted by Crippen LogP contribution is -2.27. The van der Waals surface area contributed by atoms with Crippen molar-refractivity contribution < 1.29 is 17.9 Å². The molecule has 1 atom stereocenters. The Morgan fingerprint density at radius 1 is 1.35 bits per heavy atom. The van der Waals surface area contributed by atoms with Gasteiger partial charge in [0.05, 0.1) is 4.90 Å². The molecule has 1 heterocycles. The Bertz CT molecular complexity index is 611. The van der Waals surface area contributed by atoms with Crippen LogP contribution in [0.5, 0.6) is 0 Å². The number of ether oxygens (including phenoxy) is 1. The summed E-state index contributed by atoms with van der Waals surface area (Å²) in [5.41, 5.74) is 1.92. The van der Waals surface area contributed by atoms with Crippen LogP contribution in [0.2, 0.25) is 0 Å². The minimum absolute atomic E-state index is 0.0441. The number of hydrogen-bond acceptors (Lipinski definition) is 4. The zero-order valence-corrected chi connectivity index (χ0v) is 12.3. The molecule has 7 heteroatoms. The van der Waals surface area contributed by atoms with Crippen molar-refractivity contribution in [3.8, 4) is 0 Å². The molecule has 1 amide bonds. The highest BCUT2D eigenvalue weighted by molar-refractivity contribution is 7.89. The summed E-state index contributed by atoms with van der Waals surface area (Å²) >= 11 is 0. The van der Waals surface area contributed by atoms with Gasteiger partial charge in [-0.1, -0.05) is 0 Å². The molecule has 20 heavy (non-hydrogen) atoms. The third-order valence-corrected chi connectivity index (χ3v) is 4.20. The number of rotatable bonds is 3. The maximum Gasteiger partial charge on any atom is 0.253 e. The number of hydrogen-bond donors (Lipinski definition) is 2. The van der Waals surface area contributed by atoms with E-state index in [1.807, 2.05) is 0 Å². The molecule has 0 aromatic heterocycles. The number of anilines is 1. The van der Waals surface area contributed by atoms with Crippen LogP contribution in [0.1, 0.15) is 24.0 Å². The maximum absolute atomic E-state index is 12.0. The predicted octanol–water partition coefficient (Wildman–Crippen LogP) is 1.07. The number of benzene rings is 1. The highest BCUT2D eigenvalue weighted by Gasteiger charge is 2.24. The molecule has 1 aromatic carbocycles. The van der Waals surface area contributed by atoms with Crippen molar-refractivity contribution >= 4 is 21.6 Å². The van der Waals surface area contributed by atoms with E-state index in [-0.39, 0.29) is 10.8 Å². The van der Waals surface area contributed by atoms with Crippen molar-refractivity contribution in [2.75, 3.05) is 11.9 Å². The third kappa shape index (κ3) is 3.17. The summed E-state index contributed by atoms with van der Waals surface area (Å²) in [6, 6.07) is 2.90. The standard InChI is InChI=1S/C13H18N2O4S/c1-8-6-10(20(14,17)18)7-9(2)12(8)15-13(16)11-4-3-5-19-11/h6-7,11H,3-5H2,1-2H3,(H,15,16)(H2,14,17,18). The Kier molecular flexibility index (Phi) is 4.12. The molecular formula is C13H18N2O4S. The van der Waals surface area contributed by atoms with Crippen molar-refractivity contribution in [2.24, 2.45) is 5.14 Å². The van der Waals surface area contributed by atoms with Gasteiger partial charge in [0.2, 0.25) is 10.0 Å². The smallest absolute Gasteiger partial charge is 0.253 e. The third-order valence-electron chi connectivity index (χ3n) is 3.31. The summed E-state index contributed by atoms with van der Waals surface area (Å²) in [5.74, 6) is -0.197. The van der Waals surface area contributed by atoms with Gasteiger partial charge in [-0.15, -0.1) is 0 Å². The highest BCUT2D eigenvalue weighted by atomic mass is 32.2. The Morgan fingerprint density at radius 2 is 1.95 bits per heavy atom. The molecule has 1 aliphatic heterocycles. The molecule has 0 spiro atoms. The largest absolute Gasteiger partial charge is 0.368 e. The van der Waals surface area contributed by atoms with Crippen molar-refractivity contribution in [3.05, 3.63) is 23.3 Å². The van der Waals surface area contributed by atoms with Gasteiger partial charge < -0.3 is 10.1 Å². The Morgan fingerprint density at radius 3 is 2.40 bits per heavy atom. The Hall–Kier alpha value is -1.44. The number of amides is 1. The first-order valence-electron chi connectivity index (χ1n) is 6.35. The van der Waals surface area contributed by atoms with Gasteiger partial charge in [0, 0.05) is 12.3 Å². The molecule has 2 rings (SSSR count). The van der Waals surface area contributed by atoms with E-state index in [1.54, 1.807) is 13.8 Å². The van der Waals surface area contributed by atoms with Crippen LogP contribution in [0.3, 0.4) is 0 Å². The molecule has 0 aliphatic carbocycles. The lowest BCUT2D eigenvalue weighted by molar-refractivity contribution is -0.124. The number of nitrogens with one attached hydrogen (secondary N) is 1. The van der Waals surface area contributed by atoms with Crippen LogP contribution < -0.4 is 10.5 Å². The van der Waals surface area contributed by atoms with E-state index in [0.717, 1.165) is 6.42 Å². The van der Waals surface area contributed by atoms with E-state index in [0.29, 0.717) is 29.8 Å². The van der Waals surface area contributed by atoms with Gasteiger partial charge >= 0.3 is 0 Å². The fourth-order valence-corrected chi connectivity index (χ4v) is 2.96. The van der Waals surface area contributed by atoms with E-state index < -0.39 is 16.1 Å². The van der Waals surface area contributed by atoms with E-state index in [9.17, 15) is 13.2 Å². The van der Waals surface area contributed by atoms with Crippen molar-refractivity contribution in [1.29, 1.82) is 0 Å². The number of sulfonamides is 1. The molecule has 1 fully saturated rings. The van der Waals surface area contributed by atoms with Gasteiger partial charge in [0.25, 0.3) is 5.91 Å². The molecular weight excluding hydrogens is 280 g/mol. The average molecular weight is 298 g/mol. The van der Waals surface area contributed by atoms with Crippen LogP contribution in [0.25, 0.3) is 0 Å². The van der Waals surface area contributed by atoms with E-state index in [4.69, 9.17) is 9.88 Å². The number of primary sulfonamides is 1. The first kappa shape index (κ1) is 15.0.